The van der Waals surface area contributed by atoms with Crippen LogP contribution in [0.5, 0.6) is 0 Å². The summed E-state index contributed by atoms with van der Waals surface area (Å²) in [6.45, 7) is 3.62. The van der Waals surface area contributed by atoms with Gasteiger partial charge in [0.25, 0.3) is 0 Å². The lowest BCUT2D eigenvalue weighted by molar-refractivity contribution is -0.147. The Morgan fingerprint density at radius 1 is 1.10 bits per heavy atom. The van der Waals surface area contributed by atoms with Gasteiger partial charge in [-0.05, 0) is 69.3 Å². The molecule has 1 heterocycles. The van der Waals surface area contributed by atoms with Gasteiger partial charge in [0.1, 0.15) is 6.10 Å². The largest absolute Gasteiger partial charge is 0.463 e. The zero-order valence-electron chi connectivity index (χ0n) is 17.2. The first-order valence-corrected chi connectivity index (χ1v) is 11.2. The van der Waals surface area contributed by atoms with E-state index < -0.39 is 0 Å². The van der Waals surface area contributed by atoms with Gasteiger partial charge in [-0.25, -0.2) is 0 Å². The Hall–Kier alpha value is -1.30. The first-order chi connectivity index (χ1) is 13.8. The molecule has 0 spiro atoms. The molecule has 1 saturated heterocycles. The van der Waals surface area contributed by atoms with Crippen LogP contribution < -0.4 is 0 Å². The number of carbonyl (C=O) groups excluding carboxylic acids is 2. The molecule has 1 amide bonds. The molecule has 1 aliphatic heterocycles. The minimum Gasteiger partial charge on any atom is -0.463 e. The number of halogens is 2. The van der Waals surface area contributed by atoms with Crippen molar-refractivity contribution in [1.82, 2.24) is 9.80 Å². The van der Waals surface area contributed by atoms with E-state index in [0.29, 0.717) is 22.5 Å². The highest BCUT2D eigenvalue weighted by molar-refractivity contribution is 6.42. The standard InChI is InChI=1S/C22H30Cl2N2O3/c1-15(27)29-17-6-9-20(21(10-7-17)26-11-3-4-12-26)25(2)22(28)14-16-5-8-18(23)19(24)13-16/h5,8,13,17,20-21H,3-4,6-7,9-12,14H2,1-2H3. The van der Waals surface area contributed by atoms with Crippen molar-refractivity contribution in [3.8, 4) is 0 Å². The summed E-state index contributed by atoms with van der Waals surface area (Å²) in [5, 5.41) is 0.957. The Morgan fingerprint density at radius 2 is 1.79 bits per heavy atom. The van der Waals surface area contributed by atoms with Crippen LogP contribution in [0.2, 0.25) is 10.0 Å². The molecule has 1 saturated carbocycles. The van der Waals surface area contributed by atoms with Crippen molar-refractivity contribution >= 4 is 35.1 Å². The highest BCUT2D eigenvalue weighted by Crippen LogP contribution is 2.30. The van der Waals surface area contributed by atoms with Gasteiger partial charge in [-0.2, -0.15) is 0 Å². The molecule has 0 radical (unpaired) electrons. The Bertz CT molecular complexity index is 737. The number of hydrogen-bond acceptors (Lipinski definition) is 4. The minimum atomic E-state index is -0.227. The summed E-state index contributed by atoms with van der Waals surface area (Å²) in [6.07, 6.45) is 6.07. The maximum absolute atomic E-state index is 13.1. The van der Waals surface area contributed by atoms with E-state index in [0.717, 1.165) is 44.3 Å². The Kier molecular flexibility index (Phi) is 7.83. The highest BCUT2D eigenvalue weighted by atomic mass is 35.5. The van der Waals surface area contributed by atoms with Crippen LogP contribution in [-0.2, 0) is 20.7 Å². The molecule has 2 fully saturated rings. The molecule has 3 atom stereocenters. The molecule has 0 N–H and O–H groups in total. The van der Waals surface area contributed by atoms with Crippen molar-refractivity contribution in [1.29, 1.82) is 0 Å². The highest BCUT2D eigenvalue weighted by Gasteiger charge is 2.37. The second kappa shape index (κ2) is 10.1. The van der Waals surface area contributed by atoms with E-state index in [4.69, 9.17) is 27.9 Å². The van der Waals surface area contributed by atoms with Gasteiger partial charge in [-0.1, -0.05) is 29.3 Å². The van der Waals surface area contributed by atoms with Crippen molar-refractivity contribution in [3.63, 3.8) is 0 Å². The van der Waals surface area contributed by atoms with E-state index in [-0.39, 0.29) is 24.0 Å². The number of ether oxygens (including phenoxy) is 1. The summed E-state index contributed by atoms with van der Waals surface area (Å²) in [5.41, 5.74) is 0.861. The number of carbonyl (C=O) groups is 2. The number of likely N-dealkylation sites (N-methyl/N-ethyl adjacent to an activating group) is 1. The van der Waals surface area contributed by atoms with Gasteiger partial charge in [0.2, 0.25) is 5.91 Å². The fourth-order valence-corrected chi connectivity index (χ4v) is 5.00. The molecule has 3 rings (SSSR count). The fourth-order valence-electron chi connectivity index (χ4n) is 4.68. The number of hydrogen-bond donors (Lipinski definition) is 0. The second-order valence-corrected chi connectivity index (χ2v) is 9.01. The van der Waals surface area contributed by atoms with E-state index in [1.54, 1.807) is 12.1 Å². The SMILES string of the molecule is CC(=O)OC1CCC(N2CCCC2)C(N(C)C(=O)Cc2ccc(Cl)c(Cl)c2)CC1. The zero-order valence-corrected chi connectivity index (χ0v) is 18.7. The summed E-state index contributed by atoms with van der Waals surface area (Å²) in [6, 6.07) is 5.76. The number of esters is 1. The lowest BCUT2D eigenvalue weighted by Gasteiger charge is -2.38. The lowest BCUT2D eigenvalue weighted by atomic mass is 9.99. The molecule has 1 aliphatic carbocycles. The average Bonchev–Trinajstić information content (AvgIpc) is 3.12. The van der Waals surface area contributed by atoms with Crippen molar-refractivity contribution in [2.45, 2.75) is 70.1 Å². The van der Waals surface area contributed by atoms with Crippen molar-refractivity contribution in [2.75, 3.05) is 20.1 Å². The number of benzene rings is 1. The van der Waals surface area contributed by atoms with Gasteiger partial charge in [0.05, 0.1) is 16.5 Å². The minimum absolute atomic E-state index is 0.0545. The maximum atomic E-state index is 13.1. The van der Waals surface area contributed by atoms with E-state index >= 15 is 0 Å². The number of amides is 1. The van der Waals surface area contributed by atoms with E-state index in [1.807, 2.05) is 18.0 Å². The maximum Gasteiger partial charge on any atom is 0.302 e. The van der Waals surface area contributed by atoms with Crippen LogP contribution in [0.1, 0.15) is 51.0 Å². The van der Waals surface area contributed by atoms with E-state index in [9.17, 15) is 9.59 Å². The molecule has 7 heteroatoms. The molecule has 5 nitrogen and oxygen atoms in total. The Morgan fingerprint density at radius 3 is 2.45 bits per heavy atom. The van der Waals surface area contributed by atoms with Crippen LogP contribution in [0, 0.1) is 0 Å². The topological polar surface area (TPSA) is 49.9 Å². The molecular weight excluding hydrogens is 411 g/mol. The molecule has 2 aliphatic rings. The molecular formula is C22H30Cl2N2O3. The van der Waals surface area contributed by atoms with Crippen LogP contribution in [0.4, 0.5) is 0 Å². The van der Waals surface area contributed by atoms with Gasteiger partial charge in [-0.3, -0.25) is 14.5 Å². The Balaban J connectivity index is 1.72. The first-order valence-electron chi connectivity index (χ1n) is 10.5. The summed E-state index contributed by atoms with van der Waals surface area (Å²) in [7, 11) is 1.90. The second-order valence-electron chi connectivity index (χ2n) is 8.19. The molecule has 29 heavy (non-hydrogen) atoms. The zero-order chi connectivity index (χ0) is 21.0. The number of nitrogens with zero attached hydrogens (tertiary/aromatic N) is 2. The third-order valence-electron chi connectivity index (χ3n) is 6.19. The summed E-state index contributed by atoms with van der Waals surface area (Å²) < 4.78 is 5.50. The molecule has 0 bridgehead atoms. The van der Waals surface area contributed by atoms with Gasteiger partial charge in [0.15, 0.2) is 0 Å². The average molecular weight is 441 g/mol. The van der Waals surface area contributed by atoms with E-state index in [2.05, 4.69) is 4.90 Å². The predicted molar refractivity (Wildman–Crippen MR) is 115 cm³/mol. The number of likely N-dealkylation sites (tertiary alicyclic amines) is 1. The van der Waals surface area contributed by atoms with Crippen molar-refractivity contribution in [3.05, 3.63) is 33.8 Å². The molecule has 160 valence electrons. The monoisotopic (exact) mass is 440 g/mol. The first kappa shape index (κ1) is 22.4. The van der Waals surface area contributed by atoms with Crippen LogP contribution >= 0.6 is 23.2 Å². The lowest BCUT2D eigenvalue weighted by Crippen LogP contribution is -2.51. The van der Waals surface area contributed by atoms with Gasteiger partial charge in [0, 0.05) is 26.1 Å². The smallest absolute Gasteiger partial charge is 0.302 e. The van der Waals surface area contributed by atoms with Crippen molar-refractivity contribution < 1.29 is 14.3 Å². The third kappa shape index (κ3) is 5.87. The van der Waals surface area contributed by atoms with Gasteiger partial charge in [-0.15, -0.1) is 0 Å². The van der Waals surface area contributed by atoms with Crippen LogP contribution in [0.3, 0.4) is 0 Å². The summed E-state index contributed by atoms with van der Waals surface area (Å²) in [5.74, 6) is -0.154. The normalized spacial score (nSPS) is 25.4. The van der Waals surface area contributed by atoms with Gasteiger partial charge < -0.3 is 9.64 Å². The predicted octanol–water partition coefficient (Wildman–Crippen LogP) is 4.33. The van der Waals surface area contributed by atoms with Crippen molar-refractivity contribution in [2.24, 2.45) is 0 Å². The fraction of sp³-hybridized carbons (Fsp3) is 0.636. The van der Waals surface area contributed by atoms with Crippen LogP contribution in [-0.4, -0.2) is 60.0 Å². The Labute approximate surface area is 183 Å². The van der Waals surface area contributed by atoms with Crippen LogP contribution in [0.25, 0.3) is 0 Å². The molecule has 0 aromatic heterocycles. The molecule has 1 aromatic rings. The molecule has 3 unspecified atom stereocenters. The molecule has 1 aromatic carbocycles. The van der Waals surface area contributed by atoms with Crippen LogP contribution in [0.15, 0.2) is 18.2 Å². The number of rotatable bonds is 5. The summed E-state index contributed by atoms with van der Waals surface area (Å²) >= 11 is 12.1. The van der Waals surface area contributed by atoms with E-state index in [1.165, 1.54) is 19.8 Å². The summed E-state index contributed by atoms with van der Waals surface area (Å²) in [4.78, 5) is 28.9. The third-order valence-corrected chi connectivity index (χ3v) is 6.92. The quantitative estimate of drug-likeness (QED) is 0.504. The van der Waals surface area contributed by atoms with Gasteiger partial charge >= 0.3 is 5.97 Å².